The molecule has 96 valence electrons. The van der Waals surface area contributed by atoms with Crippen LogP contribution in [0.25, 0.3) is 0 Å². The molecule has 0 heteroatoms. The molecule has 0 N–H and O–H groups in total. The van der Waals surface area contributed by atoms with Crippen LogP contribution in [0.5, 0.6) is 0 Å². The number of allylic oxidation sites excluding steroid dienone is 2. The molecule has 0 amide bonds. The standard InChI is InChI=1S/C18H24/c1-12-6-7-14-15(10-12)17(3,4)16-11-13(2)8-9-18(14,16)5/h6-7,10-11,16H,8-9H2,1-5H3. The molecule has 0 spiro atoms. The second-order valence-corrected chi connectivity index (χ2v) is 7.18. The second kappa shape index (κ2) is 3.50. The van der Waals surface area contributed by atoms with E-state index in [0.29, 0.717) is 11.3 Å². The van der Waals surface area contributed by atoms with Gasteiger partial charge in [0.15, 0.2) is 0 Å². The van der Waals surface area contributed by atoms with Gasteiger partial charge in [-0.1, -0.05) is 56.2 Å². The molecule has 1 aromatic rings. The lowest BCUT2D eigenvalue weighted by Gasteiger charge is -2.40. The molecule has 0 aliphatic heterocycles. The molecular weight excluding hydrogens is 216 g/mol. The van der Waals surface area contributed by atoms with Gasteiger partial charge in [0.2, 0.25) is 0 Å². The molecule has 0 saturated heterocycles. The fourth-order valence-corrected chi connectivity index (χ4v) is 4.33. The summed E-state index contributed by atoms with van der Waals surface area (Å²) in [5, 5.41) is 0. The maximum Gasteiger partial charge on any atom is 0.000185 e. The van der Waals surface area contributed by atoms with Crippen LogP contribution < -0.4 is 0 Å². The van der Waals surface area contributed by atoms with Gasteiger partial charge < -0.3 is 0 Å². The Morgan fingerprint density at radius 2 is 1.78 bits per heavy atom. The zero-order valence-corrected chi connectivity index (χ0v) is 12.3. The largest absolute Gasteiger partial charge is 0.0807 e. The Labute approximate surface area is 111 Å². The van der Waals surface area contributed by atoms with Crippen LogP contribution in [0.1, 0.15) is 57.2 Å². The van der Waals surface area contributed by atoms with Crippen molar-refractivity contribution in [2.45, 2.75) is 58.3 Å². The molecule has 1 aromatic carbocycles. The predicted octanol–water partition coefficient (Wildman–Crippen LogP) is 4.90. The van der Waals surface area contributed by atoms with E-state index in [1.807, 2.05) is 0 Å². The van der Waals surface area contributed by atoms with Crippen LogP contribution in [-0.2, 0) is 10.8 Å². The van der Waals surface area contributed by atoms with Gasteiger partial charge in [-0.2, -0.15) is 0 Å². The molecule has 2 aliphatic carbocycles. The maximum absolute atomic E-state index is 2.55. The van der Waals surface area contributed by atoms with Gasteiger partial charge in [0.05, 0.1) is 0 Å². The quantitative estimate of drug-likeness (QED) is 0.566. The van der Waals surface area contributed by atoms with Gasteiger partial charge in [-0.15, -0.1) is 0 Å². The van der Waals surface area contributed by atoms with Gasteiger partial charge in [0, 0.05) is 5.41 Å². The highest BCUT2D eigenvalue weighted by molar-refractivity contribution is 5.51. The number of aryl methyl sites for hydroxylation is 1. The highest BCUT2D eigenvalue weighted by Crippen LogP contribution is 2.58. The molecule has 18 heavy (non-hydrogen) atoms. The van der Waals surface area contributed by atoms with Crippen LogP contribution in [0.3, 0.4) is 0 Å². The molecule has 0 radical (unpaired) electrons. The van der Waals surface area contributed by atoms with E-state index in [9.17, 15) is 0 Å². The van der Waals surface area contributed by atoms with Crippen molar-refractivity contribution >= 4 is 0 Å². The third-order valence-electron chi connectivity index (χ3n) is 5.44. The first kappa shape index (κ1) is 12.0. The molecule has 2 unspecified atom stereocenters. The average molecular weight is 240 g/mol. The van der Waals surface area contributed by atoms with Crippen LogP contribution in [0.2, 0.25) is 0 Å². The van der Waals surface area contributed by atoms with E-state index in [2.05, 4.69) is 58.9 Å². The van der Waals surface area contributed by atoms with Gasteiger partial charge in [0.1, 0.15) is 0 Å². The summed E-state index contributed by atoms with van der Waals surface area (Å²) in [6, 6.07) is 7.09. The molecule has 2 atom stereocenters. The van der Waals surface area contributed by atoms with E-state index in [0.717, 1.165) is 0 Å². The molecule has 0 saturated carbocycles. The molecular formula is C18H24. The minimum atomic E-state index is 0.276. The Balaban J connectivity index is 2.26. The van der Waals surface area contributed by atoms with Crippen molar-refractivity contribution < 1.29 is 0 Å². The maximum atomic E-state index is 2.55. The summed E-state index contributed by atoms with van der Waals surface area (Å²) in [6.45, 7) is 11.8. The van der Waals surface area contributed by atoms with Crippen molar-refractivity contribution in [1.29, 1.82) is 0 Å². The second-order valence-electron chi connectivity index (χ2n) is 7.18. The number of hydrogen-bond donors (Lipinski definition) is 0. The van der Waals surface area contributed by atoms with Gasteiger partial charge in [0.25, 0.3) is 0 Å². The Morgan fingerprint density at radius 1 is 1.06 bits per heavy atom. The summed E-state index contributed by atoms with van der Waals surface area (Å²) in [4.78, 5) is 0. The average Bonchev–Trinajstić information content (AvgIpc) is 2.47. The topological polar surface area (TPSA) is 0 Å². The Bertz CT molecular complexity index is 533. The Hall–Kier alpha value is -1.04. The Kier molecular flexibility index (Phi) is 2.33. The monoisotopic (exact) mass is 240 g/mol. The van der Waals surface area contributed by atoms with E-state index >= 15 is 0 Å². The first-order valence-corrected chi connectivity index (χ1v) is 7.14. The van der Waals surface area contributed by atoms with Crippen molar-refractivity contribution in [2.75, 3.05) is 0 Å². The summed E-state index contributed by atoms with van der Waals surface area (Å²) in [7, 11) is 0. The molecule has 0 fully saturated rings. The van der Waals surface area contributed by atoms with Gasteiger partial charge in [-0.25, -0.2) is 0 Å². The summed E-state index contributed by atoms with van der Waals surface area (Å²) in [5.41, 5.74) is 6.79. The van der Waals surface area contributed by atoms with Crippen molar-refractivity contribution in [3.63, 3.8) is 0 Å². The van der Waals surface area contributed by atoms with Crippen molar-refractivity contribution in [3.8, 4) is 0 Å². The van der Waals surface area contributed by atoms with E-state index in [1.54, 1.807) is 16.7 Å². The Morgan fingerprint density at radius 3 is 2.50 bits per heavy atom. The number of benzene rings is 1. The molecule has 0 heterocycles. The van der Waals surface area contributed by atoms with Crippen LogP contribution in [0.4, 0.5) is 0 Å². The smallest absolute Gasteiger partial charge is 0.000185 e. The molecule has 0 bridgehead atoms. The number of rotatable bonds is 0. The molecule has 0 aromatic heterocycles. The van der Waals surface area contributed by atoms with E-state index in [1.165, 1.54) is 18.4 Å². The van der Waals surface area contributed by atoms with Crippen LogP contribution in [-0.4, -0.2) is 0 Å². The fourth-order valence-electron chi connectivity index (χ4n) is 4.33. The summed E-state index contributed by atoms with van der Waals surface area (Å²) >= 11 is 0. The SMILES string of the molecule is CC1=CC2C(C)(C)c3cc(C)ccc3C2(C)CC1. The number of hydrogen-bond acceptors (Lipinski definition) is 0. The lowest BCUT2D eigenvalue weighted by molar-refractivity contribution is 0.250. The lowest BCUT2D eigenvalue weighted by atomic mass is 9.63. The van der Waals surface area contributed by atoms with E-state index in [-0.39, 0.29) is 5.41 Å². The molecule has 0 nitrogen and oxygen atoms in total. The van der Waals surface area contributed by atoms with E-state index < -0.39 is 0 Å². The zero-order chi connectivity index (χ0) is 13.1. The minimum Gasteiger partial charge on any atom is -0.0807 e. The third-order valence-corrected chi connectivity index (χ3v) is 5.44. The highest BCUT2D eigenvalue weighted by atomic mass is 14.6. The summed E-state index contributed by atoms with van der Waals surface area (Å²) in [5.74, 6) is 0.663. The van der Waals surface area contributed by atoms with Crippen molar-refractivity contribution in [3.05, 3.63) is 46.5 Å². The molecule has 3 rings (SSSR count). The number of fused-ring (bicyclic) bond motifs is 3. The minimum absolute atomic E-state index is 0.276. The van der Waals surface area contributed by atoms with Crippen LogP contribution >= 0.6 is 0 Å². The highest BCUT2D eigenvalue weighted by Gasteiger charge is 2.53. The lowest BCUT2D eigenvalue weighted by Crippen LogP contribution is -2.36. The van der Waals surface area contributed by atoms with Crippen molar-refractivity contribution in [1.82, 2.24) is 0 Å². The van der Waals surface area contributed by atoms with Gasteiger partial charge >= 0.3 is 0 Å². The van der Waals surface area contributed by atoms with Crippen LogP contribution in [0, 0.1) is 12.8 Å². The summed E-state index contributed by atoms with van der Waals surface area (Å²) in [6.07, 6.45) is 5.12. The summed E-state index contributed by atoms with van der Waals surface area (Å²) < 4.78 is 0. The van der Waals surface area contributed by atoms with Crippen LogP contribution in [0.15, 0.2) is 29.8 Å². The zero-order valence-electron chi connectivity index (χ0n) is 12.3. The van der Waals surface area contributed by atoms with Crippen molar-refractivity contribution in [2.24, 2.45) is 5.92 Å². The third kappa shape index (κ3) is 1.38. The first-order valence-electron chi connectivity index (χ1n) is 7.14. The van der Waals surface area contributed by atoms with Gasteiger partial charge in [-0.3, -0.25) is 0 Å². The first-order chi connectivity index (χ1) is 8.35. The van der Waals surface area contributed by atoms with Gasteiger partial charge in [-0.05, 0) is 49.1 Å². The predicted molar refractivity (Wildman–Crippen MR) is 78.0 cm³/mol. The fraction of sp³-hybridized carbons (Fsp3) is 0.556. The molecule has 2 aliphatic rings. The normalized spacial score (nSPS) is 32.7. The van der Waals surface area contributed by atoms with E-state index in [4.69, 9.17) is 0 Å².